The van der Waals surface area contributed by atoms with Gasteiger partial charge >= 0.3 is 12.0 Å². The summed E-state index contributed by atoms with van der Waals surface area (Å²) in [6, 6.07) is 15.9. The van der Waals surface area contributed by atoms with Gasteiger partial charge in [0.05, 0.1) is 17.9 Å². The van der Waals surface area contributed by atoms with Gasteiger partial charge in [0.2, 0.25) is 0 Å². The van der Waals surface area contributed by atoms with Crippen LogP contribution in [0.15, 0.2) is 72.3 Å². The van der Waals surface area contributed by atoms with Crippen LogP contribution in [0.1, 0.15) is 34.0 Å². The molecule has 182 valence electrons. The largest absolute Gasteiger partial charge is 0.462 e. The van der Waals surface area contributed by atoms with Crippen LogP contribution in [-0.2, 0) is 20.7 Å². The molecule has 0 radical (unpaired) electrons. The molecule has 1 fully saturated rings. The van der Waals surface area contributed by atoms with E-state index in [1.54, 1.807) is 43.3 Å². The Morgan fingerprint density at radius 1 is 1.03 bits per heavy atom. The molecule has 4 amide bonds. The number of rotatable bonds is 6. The highest BCUT2D eigenvalue weighted by Gasteiger charge is 2.37. The number of barbiturate groups is 1. The van der Waals surface area contributed by atoms with E-state index in [1.807, 2.05) is 0 Å². The molecular formula is C27H20ClFN2O5. The van der Waals surface area contributed by atoms with E-state index in [-0.39, 0.29) is 35.7 Å². The number of nitrogens with one attached hydrogen (secondary N) is 1. The Labute approximate surface area is 211 Å². The molecule has 0 aliphatic carbocycles. The highest BCUT2D eigenvalue weighted by Crippen LogP contribution is 2.26. The van der Waals surface area contributed by atoms with Gasteiger partial charge in [-0.1, -0.05) is 35.9 Å². The molecule has 0 atom stereocenters. The average molecular weight is 507 g/mol. The van der Waals surface area contributed by atoms with Gasteiger partial charge in [-0.05, 0) is 72.2 Å². The minimum atomic E-state index is -0.927. The average Bonchev–Trinajstić information content (AvgIpc) is 2.85. The fourth-order valence-electron chi connectivity index (χ4n) is 3.72. The van der Waals surface area contributed by atoms with E-state index < -0.39 is 23.8 Å². The first-order valence-electron chi connectivity index (χ1n) is 11.0. The van der Waals surface area contributed by atoms with Crippen molar-refractivity contribution < 1.29 is 28.3 Å². The normalized spacial score (nSPS) is 14.7. The van der Waals surface area contributed by atoms with Crippen molar-refractivity contribution >= 4 is 47.2 Å². The van der Waals surface area contributed by atoms with E-state index >= 15 is 0 Å². The predicted octanol–water partition coefficient (Wildman–Crippen LogP) is 4.91. The highest BCUT2D eigenvalue weighted by atomic mass is 35.5. The van der Waals surface area contributed by atoms with Crippen molar-refractivity contribution in [2.24, 2.45) is 0 Å². The van der Waals surface area contributed by atoms with Gasteiger partial charge in [-0.3, -0.25) is 14.9 Å². The van der Waals surface area contributed by atoms with Crippen LogP contribution in [0.5, 0.6) is 0 Å². The maximum absolute atomic E-state index is 14.2. The summed E-state index contributed by atoms with van der Waals surface area (Å²) in [5.41, 5.74) is 1.57. The second-order valence-corrected chi connectivity index (χ2v) is 8.27. The molecule has 3 aromatic carbocycles. The van der Waals surface area contributed by atoms with Crippen LogP contribution in [0.3, 0.4) is 0 Å². The third kappa shape index (κ3) is 5.18. The Kier molecular flexibility index (Phi) is 7.26. The van der Waals surface area contributed by atoms with Crippen LogP contribution in [-0.4, -0.2) is 30.4 Å². The molecule has 0 aromatic heterocycles. The van der Waals surface area contributed by atoms with E-state index in [1.165, 1.54) is 36.4 Å². The topological polar surface area (TPSA) is 92.8 Å². The number of halogens is 2. The number of hydrogen-bond acceptors (Lipinski definition) is 5. The summed E-state index contributed by atoms with van der Waals surface area (Å²) in [5.74, 6) is -2.66. The molecule has 4 rings (SSSR count). The molecule has 3 aromatic rings. The summed E-state index contributed by atoms with van der Waals surface area (Å²) >= 11 is 6.16. The van der Waals surface area contributed by atoms with Gasteiger partial charge < -0.3 is 4.74 Å². The maximum Gasteiger partial charge on any atom is 0.338 e. The molecular weight excluding hydrogens is 487 g/mol. The quantitative estimate of drug-likeness (QED) is 0.291. The van der Waals surface area contributed by atoms with Crippen LogP contribution >= 0.6 is 11.6 Å². The number of carbonyl (C=O) groups excluding carboxylic acids is 4. The molecule has 1 aliphatic rings. The molecule has 7 nitrogen and oxygen atoms in total. The second kappa shape index (κ2) is 10.5. The Balaban J connectivity index is 1.69. The van der Waals surface area contributed by atoms with Crippen molar-refractivity contribution in [3.05, 3.63) is 105 Å². The Morgan fingerprint density at radius 3 is 2.44 bits per heavy atom. The van der Waals surface area contributed by atoms with Gasteiger partial charge in [0.1, 0.15) is 11.4 Å². The standard InChI is InChI=1S/C27H20ClFN2O5/c1-2-36-26(34)16-8-11-21(12-9-16)31-25(33)22(24(32)30-27(31)35)15-19-14-20(28)10-7-17(19)13-18-5-3-4-6-23(18)29/h3-12,14-15H,2,13H2,1H3,(H,30,32,35)/b22-15+. The second-order valence-electron chi connectivity index (χ2n) is 7.84. The number of imide groups is 2. The lowest BCUT2D eigenvalue weighted by molar-refractivity contribution is -0.122. The zero-order valence-corrected chi connectivity index (χ0v) is 19.8. The minimum absolute atomic E-state index is 0.154. The summed E-state index contributed by atoms with van der Waals surface area (Å²) in [5, 5.41) is 2.51. The maximum atomic E-state index is 14.2. The minimum Gasteiger partial charge on any atom is -0.462 e. The first-order valence-corrected chi connectivity index (χ1v) is 11.4. The number of carbonyl (C=O) groups is 4. The molecule has 0 saturated carbocycles. The Morgan fingerprint density at radius 2 is 1.75 bits per heavy atom. The molecule has 1 aliphatic heterocycles. The monoisotopic (exact) mass is 506 g/mol. The number of hydrogen-bond donors (Lipinski definition) is 1. The third-order valence-electron chi connectivity index (χ3n) is 5.48. The van der Waals surface area contributed by atoms with E-state index in [0.717, 1.165) is 4.90 Å². The molecule has 36 heavy (non-hydrogen) atoms. The number of nitrogens with zero attached hydrogens (tertiary/aromatic N) is 1. The van der Waals surface area contributed by atoms with E-state index in [4.69, 9.17) is 16.3 Å². The zero-order chi connectivity index (χ0) is 25.8. The number of urea groups is 1. The Hall–Kier alpha value is -4.30. The zero-order valence-electron chi connectivity index (χ0n) is 19.1. The lowest BCUT2D eigenvalue weighted by atomic mass is 9.97. The first kappa shape index (κ1) is 24.8. The van der Waals surface area contributed by atoms with Crippen molar-refractivity contribution in [1.29, 1.82) is 0 Å². The lowest BCUT2D eigenvalue weighted by Crippen LogP contribution is -2.54. The van der Waals surface area contributed by atoms with Gasteiger partial charge in [0.15, 0.2) is 0 Å². The van der Waals surface area contributed by atoms with Gasteiger partial charge in [0, 0.05) is 11.4 Å². The fourth-order valence-corrected chi connectivity index (χ4v) is 3.90. The lowest BCUT2D eigenvalue weighted by Gasteiger charge is -2.26. The molecule has 9 heteroatoms. The van der Waals surface area contributed by atoms with E-state index in [9.17, 15) is 23.6 Å². The van der Waals surface area contributed by atoms with Crippen molar-refractivity contribution in [1.82, 2.24) is 5.32 Å². The highest BCUT2D eigenvalue weighted by molar-refractivity contribution is 6.39. The number of ether oxygens (including phenoxy) is 1. The molecule has 1 saturated heterocycles. The van der Waals surface area contributed by atoms with Crippen molar-refractivity contribution in [3.8, 4) is 0 Å². The van der Waals surface area contributed by atoms with Gasteiger partial charge in [-0.25, -0.2) is 18.9 Å². The first-order chi connectivity index (χ1) is 17.3. The smallest absolute Gasteiger partial charge is 0.338 e. The van der Waals surface area contributed by atoms with Crippen molar-refractivity contribution in [2.45, 2.75) is 13.3 Å². The number of esters is 1. The fraction of sp³-hybridized carbons (Fsp3) is 0.111. The summed E-state index contributed by atoms with van der Waals surface area (Å²) in [7, 11) is 0. The predicted molar refractivity (Wildman–Crippen MR) is 132 cm³/mol. The van der Waals surface area contributed by atoms with Crippen LogP contribution in [0.4, 0.5) is 14.9 Å². The van der Waals surface area contributed by atoms with Gasteiger partial charge in [-0.2, -0.15) is 0 Å². The summed E-state index contributed by atoms with van der Waals surface area (Å²) < 4.78 is 19.2. The summed E-state index contributed by atoms with van der Waals surface area (Å²) in [4.78, 5) is 51.1. The molecule has 1 N–H and O–H groups in total. The van der Waals surface area contributed by atoms with Crippen molar-refractivity contribution in [2.75, 3.05) is 11.5 Å². The Bertz CT molecular complexity index is 1400. The molecule has 0 unspecified atom stereocenters. The number of benzene rings is 3. The molecule has 1 heterocycles. The van der Waals surface area contributed by atoms with Gasteiger partial charge in [-0.15, -0.1) is 0 Å². The van der Waals surface area contributed by atoms with E-state index in [0.29, 0.717) is 21.7 Å². The number of amides is 4. The van der Waals surface area contributed by atoms with Crippen molar-refractivity contribution in [3.63, 3.8) is 0 Å². The molecule has 0 bridgehead atoms. The third-order valence-corrected chi connectivity index (χ3v) is 5.72. The van der Waals surface area contributed by atoms with Crippen LogP contribution in [0.25, 0.3) is 6.08 Å². The number of anilines is 1. The SMILES string of the molecule is CCOC(=O)c1ccc(N2C(=O)NC(=O)/C(=C\c3cc(Cl)ccc3Cc3ccccc3F)C2=O)cc1. The van der Waals surface area contributed by atoms with Crippen LogP contribution < -0.4 is 10.2 Å². The van der Waals surface area contributed by atoms with Gasteiger partial charge in [0.25, 0.3) is 11.8 Å². The summed E-state index contributed by atoms with van der Waals surface area (Å²) in [6.07, 6.45) is 1.52. The van der Waals surface area contributed by atoms with E-state index in [2.05, 4.69) is 5.32 Å². The van der Waals surface area contributed by atoms with Crippen LogP contribution in [0, 0.1) is 5.82 Å². The molecule has 0 spiro atoms. The van der Waals surface area contributed by atoms with Crippen LogP contribution in [0.2, 0.25) is 5.02 Å². The summed E-state index contributed by atoms with van der Waals surface area (Å²) in [6.45, 7) is 1.88.